The van der Waals surface area contributed by atoms with E-state index in [9.17, 15) is 0 Å². The first-order chi connectivity index (χ1) is 32.4. The van der Waals surface area contributed by atoms with E-state index in [4.69, 9.17) is 9.47 Å². The quantitative estimate of drug-likeness (QED) is 0.102. The summed E-state index contributed by atoms with van der Waals surface area (Å²) in [5, 5.41) is 0. The Morgan fingerprint density at radius 1 is 0.303 bits per heavy atom. The lowest BCUT2D eigenvalue weighted by molar-refractivity contribution is 0.414. The molecule has 0 radical (unpaired) electrons. The number of aryl methyl sites for hydroxylation is 2. The molecule has 0 saturated carbocycles. The lowest BCUT2D eigenvalue weighted by atomic mass is 9.91. The number of hydrogen-bond donors (Lipinski definition) is 0. The number of anilines is 6. The summed E-state index contributed by atoms with van der Waals surface area (Å²) in [5.41, 5.74) is 18.0. The van der Waals surface area contributed by atoms with Gasteiger partial charge in [-0.2, -0.15) is 0 Å². The molecule has 0 saturated heterocycles. The van der Waals surface area contributed by atoms with Gasteiger partial charge in [0, 0.05) is 34.1 Å². The van der Waals surface area contributed by atoms with E-state index in [1.807, 2.05) is 24.3 Å². The van der Waals surface area contributed by atoms with E-state index >= 15 is 0 Å². The molecule has 0 aliphatic carbocycles. The highest BCUT2D eigenvalue weighted by molar-refractivity contribution is 5.95. The van der Waals surface area contributed by atoms with Crippen molar-refractivity contribution in [1.29, 1.82) is 0 Å². The first-order valence-corrected chi connectivity index (χ1v) is 22.3. The van der Waals surface area contributed by atoms with Gasteiger partial charge < -0.3 is 19.3 Å². The van der Waals surface area contributed by atoms with Crippen LogP contribution in [-0.2, 0) is 0 Å². The van der Waals surface area contributed by atoms with Crippen molar-refractivity contribution in [1.82, 2.24) is 0 Å². The third-order valence-corrected chi connectivity index (χ3v) is 11.8. The highest BCUT2D eigenvalue weighted by Gasteiger charge is 2.16. The van der Waals surface area contributed by atoms with E-state index in [-0.39, 0.29) is 0 Å². The topological polar surface area (TPSA) is 24.9 Å². The van der Waals surface area contributed by atoms with E-state index in [1.54, 1.807) is 14.2 Å². The van der Waals surface area contributed by atoms with Crippen molar-refractivity contribution in [3.05, 3.63) is 275 Å². The van der Waals surface area contributed by atoms with Crippen LogP contribution in [0.25, 0.3) is 23.3 Å². The summed E-state index contributed by atoms with van der Waals surface area (Å²) in [6, 6.07) is 81.6. The zero-order valence-electron chi connectivity index (χ0n) is 37.8. The zero-order valence-corrected chi connectivity index (χ0v) is 37.8. The van der Waals surface area contributed by atoms with Crippen molar-refractivity contribution in [2.45, 2.75) is 13.8 Å². The molecule has 4 nitrogen and oxygen atoms in total. The smallest absolute Gasteiger partial charge is 0.119 e. The van der Waals surface area contributed by atoms with Crippen molar-refractivity contribution < 1.29 is 9.47 Å². The fourth-order valence-corrected chi connectivity index (χ4v) is 8.25. The van der Waals surface area contributed by atoms with Crippen LogP contribution < -0.4 is 19.3 Å². The monoisotopic (exact) mass is 856 g/mol. The molecule has 4 heteroatoms. The van der Waals surface area contributed by atoms with Gasteiger partial charge >= 0.3 is 0 Å². The molecular formula is C62H52N2O2. The van der Waals surface area contributed by atoms with Gasteiger partial charge in [0.15, 0.2) is 0 Å². The molecule has 9 rings (SSSR count). The molecule has 322 valence electrons. The van der Waals surface area contributed by atoms with Gasteiger partial charge in [-0.25, -0.2) is 0 Å². The first kappa shape index (κ1) is 42.9. The summed E-state index contributed by atoms with van der Waals surface area (Å²) >= 11 is 0. The molecule has 9 aromatic rings. The summed E-state index contributed by atoms with van der Waals surface area (Å²) in [5.74, 6) is 1.66. The fourth-order valence-electron chi connectivity index (χ4n) is 8.25. The lowest BCUT2D eigenvalue weighted by Gasteiger charge is -2.26. The average Bonchev–Trinajstić information content (AvgIpc) is 3.38. The largest absolute Gasteiger partial charge is 0.497 e. The number of benzene rings is 9. The Balaban J connectivity index is 1.04. The maximum atomic E-state index is 5.47. The minimum Gasteiger partial charge on any atom is -0.497 e. The van der Waals surface area contributed by atoms with Crippen LogP contribution in [0.4, 0.5) is 34.1 Å². The van der Waals surface area contributed by atoms with Crippen LogP contribution in [0.2, 0.25) is 0 Å². The van der Waals surface area contributed by atoms with Crippen LogP contribution in [0, 0.1) is 13.8 Å². The maximum absolute atomic E-state index is 5.47. The third-order valence-electron chi connectivity index (χ3n) is 11.8. The van der Waals surface area contributed by atoms with Gasteiger partial charge in [0.05, 0.1) is 14.2 Å². The van der Waals surface area contributed by atoms with Crippen molar-refractivity contribution in [3.8, 4) is 11.5 Å². The maximum Gasteiger partial charge on any atom is 0.119 e. The Kier molecular flexibility index (Phi) is 13.0. The summed E-state index contributed by atoms with van der Waals surface area (Å²) in [7, 11) is 3.39. The second kappa shape index (κ2) is 20.0. The standard InChI is InChI=1S/C62H52N2O2/c1-45-15-27-53(28-16-45)63(57-35-39-59(65-3)40-36-57)55-31-19-47(20-32-55)43-61(49-11-7-5-8-12-49)51-23-25-52(26-24-51)62(50-13-9-6-10-14-50)44-48-21-33-56(34-22-48)64(54-29-17-46(2)18-30-54)58-37-41-60(66-4)42-38-58/h5-44H,1-4H3. The Morgan fingerprint density at radius 2 is 0.561 bits per heavy atom. The SMILES string of the molecule is COc1ccc(N(c2ccc(C)cc2)c2ccc(C=C(c3ccccc3)c3ccc(C(=Cc4ccc(N(c5ccc(C)cc5)c5ccc(OC)cc5)cc4)c4ccccc4)cc3)cc2)cc1. The first-order valence-electron chi connectivity index (χ1n) is 22.3. The molecule has 0 aliphatic rings. The van der Waals surface area contributed by atoms with Crippen LogP contribution >= 0.6 is 0 Å². The van der Waals surface area contributed by atoms with Gasteiger partial charge in [0.2, 0.25) is 0 Å². The molecular weight excluding hydrogens is 805 g/mol. The van der Waals surface area contributed by atoms with E-state index in [2.05, 4.69) is 242 Å². The van der Waals surface area contributed by atoms with Gasteiger partial charge in [-0.1, -0.05) is 145 Å². The molecule has 9 aromatic carbocycles. The predicted octanol–water partition coefficient (Wildman–Crippen LogP) is 16.4. The van der Waals surface area contributed by atoms with E-state index in [1.165, 1.54) is 11.1 Å². The minimum atomic E-state index is 0.828. The highest BCUT2D eigenvalue weighted by atomic mass is 16.5. The number of rotatable bonds is 14. The second-order valence-electron chi connectivity index (χ2n) is 16.3. The van der Waals surface area contributed by atoms with Crippen molar-refractivity contribution in [2.24, 2.45) is 0 Å². The molecule has 0 unspecified atom stereocenters. The zero-order chi connectivity index (χ0) is 45.2. The van der Waals surface area contributed by atoms with Crippen molar-refractivity contribution >= 4 is 57.4 Å². The van der Waals surface area contributed by atoms with Gasteiger partial charge in [-0.15, -0.1) is 0 Å². The second-order valence-corrected chi connectivity index (χ2v) is 16.3. The average molecular weight is 857 g/mol. The Morgan fingerprint density at radius 3 is 0.848 bits per heavy atom. The van der Waals surface area contributed by atoms with Crippen LogP contribution in [0.5, 0.6) is 11.5 Å². The Labute approximate surface area is 389 Å². The number of hydrogen-bond acceptors (Lipinski definition) is 4. The van der Waals surface area contributed by atoms with Crippen molar-refractivity contribution in [3.63, 3.8) is 0 Å². The highest BCUT2D eigenvalue weighted by Crippen LogP contribution is 2.38. The molecule has 0 aromatic heterocycles. The molecule has 0 spiro atoms. The lowest BCUT2D eigenvalue weighted by Crippen LogP contribution is -2.09. The summed E-state index contributed by atoms with van der Waals surface area (Å²) in [6.45, 7) is 4.23. The van der Waals surface area contributed by atoms with E-state index in [0.717, 1.165) is 90.2 Å². The fraction of sp³-hybridized carbons (Fsp3) is 0.0645. The van der Waals surface area contributed by atoms with Crippen LogP contribution in [-0.4, -0.2) is 14.2 Å². The molecule has 0 bridgehead atoms. The summed E-state index contributed by atoms with van der Waals surface area (Å²) in [4.78, 5) is 4.55. The predicted molar refractivity (Wildman–Crippen MR) is 278 cm³/mol. The minimum absolute atomic E-state index is 0.828. The third kappa shape index (κ3) is 9.89. The molecule has 0 aliphatic heterocycles. The van der Waals surface area contributed by atoms with E-state index < -0.39 is 0 Å². The number of nitrogens with zero attached hydrogens (tertiary/aromatic N) is 2. The van der Waals surface area contributed by atoms with Crippen LogP contribution in [0.3, 0.4) is 0 Å². The van der Waals surface area contributed by atoms with Crippen molar-refractivity contribution in [2.75, 3.05) is 24.0 Å². The van der Waals surface area contributed by atoms with Gasteiger partial charge in [-0.3, -0.25) is 0 Å². The van der Waals surface area contributed by atoms with E-state index in [0.29, 0.717) is 0 Å². The molecule has 0 atom stereocenters. The number of ether oxygens (including phenoxy) is 2. The summed E-state index contributed by atoms with van der Waals surface area (Å²) in [6.07, 6.45) is 4.58. The Hall–Kier alpha value is -8.34. The van der Waals surface area contributed by atoms with Crippen LogP contribution in [0.15, 0.2) is 231 Å². The molecule has 0 amide bonds. The normalized spacial score (nSPS) is 11.5. The van der Waals surface area contributed by atoms with Gasteiger partial charge in [-0.05, 0) is 168 Å². The molecule has 0 N–H and O–H groups in total. The number of methoxy groups -OCH3 is 2. The van der Waals surface area contributed by atoms with Gasteiger partial charge in [0.1, 0.15) is 11.5 Å². The van der Waals surface area contributed by atoms with Crippen LogP contribution in [0.1, 0.15) is 44.5 Å². The van der Waals surface area contributed by atoms with Gasteiger partial charge in [0.25, 0.3) is 0 Å². The Bertz CT molecular complexity index is 2820. The molecule has 66 heavy (non-hydrogen) atoms. The molecule has 0 fully saturated rings. The summed E-state index contributed by atoms with van der Waals surface area (Å²) < 4.78 is 10.9. The molecule has 0 heterocycles.